The molecule has 1 aromatic rings. The molecule has 0 saturated carbocycles. The summed E-state index contributed by atoms with van der Waals surface area (Å²) < 4.78 is 1.75. The molecule has 2 aliphatic rings. The number of nitrogens with one attached hydrogen (secondary N) is 1. The normalized spacial score (nSPS) is 23.2. The van der Waals surface area contributed by atoms with Crippen LogP contribution in [0.4, 0.5) is 0 Å². The summed E-state index contributed by atoms with van der Waals surface area (Å²) in [6.07, 6.45) is 4.03. The van der Waals surface area contributed by atoms with Crippen LogP contribution in [0.15, 0.2) is 12.3 Å². The van der Waals surface area contributed by atoms with Crippen molar-refractivity contribution < 1.29 is 9.59 Å². The third-order valence-electron chi connectivity index (χ3n) is 5.27. The van der Waals surface area contributed by atoms with Crippen molar-refractivity contribution in [1.82, 2.24) is 24.9 Å². The van der Waals surface area contributed by atoms with Gasteiger partial charge in [0.05, 0.1) is 0 Å². The Morgan fingerprint density at radius 3 is 2.92 bits per heavy atom. The van der Waals surface area contributed by atoms with Crippen LogP contribution in [0.25, 0.3) is 0 Å². The highest BCUT2D eigenvalue weighted by Crippen LogP contribution is 2.31. The predicted octanol–water partition coefficient (Wildman–Crippen LogP) is 0.997. The molecule has 1 aromatic heterocycles. The van der Waals surface area contributed by atoms with Crippen LogP contribution in [0.3, 0.4) is 0 Å². The molecule has 0 aliphatic carbocycles. The van der Waals surface area contributed by atoms with Gasteiger partial charge in [-0.05, 0) is 38.8 Å². The van der Waals surface area contributed by atoms with Gasteiger partial charge in [0.25, 0.3) is 5.91 Å². The number of rotatable bonds is 5. The van der Waals surface area contributed by atoms with E-state index in [9.17, 15) is 9.59 Å². The number of aryl methyl sites for hydroxylation is 1. The molecule has 0 bridgehead atoms. The Bertz CT molecular complexity index is 606. The number of aromatic nitrogens is 2. The molecular weight excluding hydrogens is 342 g/mol. The third-order valence-corrected chi connectivity index (χ3v) is 5.27. The Balaban J connectivity index is 0.00000225. The molecule has 2 aliphatic heterocycles. The molecular formula is C17H28ClN5O2. The molecule has 3 rings (SSSR count). The summed E-state index contributed by atoms with van der Waals surface area (Å²) in [5.41, 5.74) is 0.662. The highest BCUT2D eigenvalue weighted by Gasteiger charge is 2.40. The number of fused-ring (bicyclic) bond motifs is 1. The summed E-state index contributed by atoms with van der Waals surface area (Å²) in [7, 11) is 1.91. The Hall–Kier alpha value is -1.60. The molecule has 2 atom stereocenters. The van der Waals surface area contributed by atoms with Crippen LogP contribution in [0.2, 0.25) is 0 Å². The van der Waals surface area contributed by atoms with E-state index in [0.717, 1.165) is 32.5 Å². The first-order valence-corrected chi connectivity index (χ1v) is 8.90. The summed E-state index contributed by atoms with van der Waals surface area (Å²) in [6.45, 7) is 5.70. The van der Waals surface area contributed by atoms with Gasteiger partial charge >= 0.3 is 0 Å². The zero-order chi connectivity index (χ0) is 17.1. The van der Waals surface area contributed by atoms with E-state index in [1.54, 1.807) is 16.9 Å². The van der Waals surface area contributed by atoms with Gasteiger partial charge in [-0.15, -0.1) is 12.4 Å². The number of likely N-dealkylation sites (tertiary alicyclic amines) is 2. The van der Waals surface area contributed by atoms with Crippen molar-refractivity contribution in [2.75, 3.05) is 33.2 Å². The Morgan fingerprint density at radius 2 is 2.20 bits per heavy atom. The van der Waals surface area contributed by atoms with Gasteiger partial charge in [-0.3, -0.25) is 14.3 Å². The van der Waals surface area contributed by atoms with Gasteiger partial charge in [-0.2, -0.15) is 5.10 Å². The number of piperidine rings is 2. The van der Waals surface area contributed by atoms with E-state index < -0.39 is 0 Å². The summed E-state index contributed by atoms with van der Waals surface area (Å²) in [5, 5.41) is 7.32. The standard InChI is InChI=1S/C17H27N5O2.ClH/c1-3-22-15(6-8-19-22)17(24)20-10-7-14-13(12-20)4-5-16(23)21(14)11-9-18-2;/h6,8,13-14,18H,3-5,7,9-12H2,1-2H3;1H/t13-,14+;/m0./s1. The van der Waals surface area contributed by atoms with E-state index >= 15 is 0 Å². The Labute approximate surface area is 155 Å². The molecule has 7 nitrogen and oxygen atoms in total. The fraction of sp³-hybridized carbons (Fsp3) is 0.706. The first-order valence-electron chi connectivity index (χ1n) is 8.90. The Morgan fingerprint density at radius 1 is 1.40 bits per heavy atom. The quantitative estimate of drug-likeness (QED) is 0.840. The van der Waals surface area contributed by atoms with Crippen molar-refractivity contribution in [2.45, 2.75) is 38.8 Å². The SMILES string of the molecule is CCn1nccc1C(=O)N1CC[C@@H]2[C@@H](CCC(=O)N2CCNC)C1.Cl. The van der Waals surface area contributed by atoms with Gasteiger partial charge in [0.1, 0.15) is 5.69 Å². The highest BCUT2D eigenvalue weighted by atomic mass is 35.5. The van der Waals surface area contributed by atoms with Gasteiger partial charge in [0, 0.05) is 51.4 Å². The fourth-order valence-electron chi connectivity index (χ4n) is 3.99. The third kappa shape index (κ3) is 3.98. The zero-order valence-electron chi connectivity index (χ0n) is 15.0. The van der Waals surface area contributed by atoms with E-state index in [1.165, 1.54) is 0 Å². The van der Waals surface area contributed by atoms with Gasteiger partial charge < -0.3 is 15.1 Å². The van der Waals surface area contributed by atoms with Gasteiger partial charge in [0.15, 0.2) is 0 Å². The maximum atomic E-state index is 12.8. The van der Waals surface area contributed by atoms with E-state index in [2.05, 4.69) is 10.4 Å². The van der Waals surface area contributed by atoms with E-state index in [-0.39, 0.29) is 30.3 Å². The average Bonchev–Trinajstić information content (AvgIpc) is 3.08. The lowest BCUT2D eigenvalue weighted by Crippen LogP contribution is -2.57. The average molecular weight is 370 g/mol. The van der Waals surface area contributed by atoms with E-state index in [1.807, 2.05) is 23.8 Å². The van der Waals surface area contributed by atoms with Crippen molar-refractivity contribution in [3.8, 4) is 0 Å². The van der Waals surface area contributed by atoms with Crippen molar-refractivity contribution in [1.29, 1.82) is 0 Å². The van der Waals surface area contributed by atoms with Crippen molar-refractivity contribution in [3.63, 3.8) is 0 Å². The van der Waals surface area contributed by atoms with Crippen molar-refractivity contribution in [2.24, 2.45) is 5.92 Å². The van der Waals surface area contributed by atoms with Gasteiger partial charge in [-0.1, -0.05) is 0 Å². The predicted molar refractivity (Wildman–Crippen MR) is 97.8 cm³/mol. The monoisotopic (exact) mass is 369 g/mol. The minimum absolute atomic E-state index is 0. The molecule has 3 heterocycles. The highest BCUT2D eigenvalue weighted by molar-refractivity contribution is 5.92. The van der Waals surface area contributed by atoms with Crippen LogP contribution in [0, 0.1) is 5.92 Å². The number of carbonyl (C=O) groups excluding carboxylic acids is 2. The van der Waals surface area contributed by atoms with E-state index in [0.29, 0.717) is 31.1 Å². The van der Waals surface area contributed by atoms with Crippen LogP contribution in [-0.4, -0.2) is 70.7 Å². The minimum Gasteiger partial charge on any atom is -0.338 e. The molecule has 0 aromatic carbocycles. The first kappa shape index (κ1) is 19.7. The molecule has 0 unspecified atom stereocenters. The number of likely N-dealkylation sites (N-methyl/N-ethyl adjacent to an activating group) is 1. The second kappa shape index (κ2) is 8.67. The maximum absolute atomic E-state index is 12.8. The fourth-order valence-corrected chi connectivity index (χ4v) is 3.99. The second-order valence-corrected chi connectivity index (χ2v) is 6.63. The minimum atomic E-state index is 0. The number of hydrogen-bond donors (Lipinski definition) is 1. The summed E-state index contributed by atoms with van der Waals surface area (Å²) in [6, 6.07) is 2.07. The molecule has 140 valence electrons. The van der Waals surface area contributed by atoms with Crippen LogP contribution in [0.5, 0.6) is 0 Å². The van der Waals surface area contributed by atoms with E-state index in [4.69, 9.17) is 0 Å². The smallest absolute Gasteiger partial charge is 0.272 e. The van der Waals surface area contributed by atoms with Gasteiger partial charge in [-0.25, -0.2) is 0 Å². The van der Waals surface area contributed by atoms with Crippen LogP contribution in [0.1, 0.15) is 36.7 Å². The molecule has 8 heteroatoms. The van der Waals surface area contributed by atoms with Crippen LogP contribution in [-0.2, 0) is 11.3 Å². The molecule has 25 heavy (non-hydrogen) atoms. The summed E-state index contributed by atoms with van der Waals surface area (Å²) >= 11 is 0. The largest absolute Gasteiger partial charge is 0.338 e. The second-order valence-electron chi connectivity index (χ2n) is 6.63. The first-order chi connectivity index (χ1) is 11.7. The van der Waals surface area contributed by atoms with Crippen LogP contribution < -0.4 is 5.32 Å². The number of halogens is 1. The van der Waals surface area contributed by atoms with Crippen molar-refractivity contribution in [3.05, 3.63) is 18.0 Å². The number of carbonyl (C=O) groups is 2. The lowest BCUT2D eigenvalue weighted by atomic mass is 9.83. The molecule has 1 N–H and O–H groups in total. The molecule has 0 spiro atoms. The van der Waals surface area contributed by atoms with Gasteiger partial charge in [0.2, 0.25) is 5.91 Å². The lowest BCUT2D eigenvalue weighted by Gasteiger charge is -2.47. The summed E-state index contributed by atoms with van der Waals surface area (Å²) in [4.78, 5) is 29.0. The zero-order valence-corrected chi connectivity index (χ0v) is 15.8. The van der Waals surface area contributed by atoms with Crippen molar-refractivity contribution >= 4 is 24.2 Å². The number of hydrogen-bond acceptors (Lipinski definition) is 4. The number of nitrogens with zero attached hydrogens (tertiary/aromatic N) is 4. The van der Waals surface area contributed by atoms with Crippen LogP contribution >= 0.6 is 12.4 Å². The lowest BCUT2D eigenvalue weighted by molar-refractivity contribution is -0.140. The molecule has 0 radical (unpaired) electrons. The number of amides is 2. The molecule has 2 fully saturated rings. The molecule has 2 amide bonds. The summed E-state index contributed by atoms with van der Waals surface area (Å²) in [5.74, 6) is 0.706. The maximum Gasteiger partial charge on any atom is 0.272 e. The molecule has 2 saturated heterocycles. The Kier molecular flexibility index (Phi) is 6.84. The topological polar surface area (TPSA) is 70.5 Å².